The van der Waals surface area contributed by atoms with Crippen LogP contribution in [0.3, 0.4) is 0 Å². The molecule has 126 valence electrons. The lowest BCUT2D eigenvalue weighted by atomic mass is 9.59. The second-order valence-corrected chi connectivity index (χ2v) is 8.38. The van der Waals surface area contributed by atoms with Gasteiger partial charge in [0.2, 0.25) is 0 Å². The number of hydrogen-bond donors (Lipinski definition) is 0. The molecular weight excluding hydrogens is 283 g/mol. The minimum atomic E-state index is -0.235. The third-order valence-corrected chi connectivity index (χ3v) is 6.19. The highest BCUT2D eigenvalue weighted by molar-refractivity contribution is 6.47. The molecule has 23 heavy (non-hydrogen) atoms. The molecule has 0 amide bonds. The van der Waals surface area contributed by atoms with Crippen molar-refractivity contribution in [3.05, 3.63) is 35.9 Å². The summed E-state index contributed by atoms with van der Waals surface area (Å²) in [6.45, 7) is 8.64. The van der Waals surface area contributed by atoms with Crippen molar-refractivity contribution in [2.45, 2.75) is 83.2 Å². The predicted molar refractivity (Wildman–Crippen MR) is 96.6 cm³/mol. The van der Waals surface area contributed by atoms with Crippen LogP contribution in [-0.4, -0.2) is 18.3 Å². The van der Waals surface area contributed by atoms with Crippen molar-refractivity contribution in [1.82, 2.24) is 0 Å². The summed E-state index contributed by atoms with van der Waals surface area (Å²) in [7, 11) is -0.0803. The normalized spacial score (nSPS) is 25.5. The molecule has 1 aliphatic heterocycles. The van der Waals surface area contributed by atoms with Crippen molar-refractivity contribution < 1.29 is 9.31 Å². The number of hydrogen-bond acceptors (Lipinski definition) is 2. The second-order valence-electron chi connectivity index (χ2n) is 8.38. The van der Waals surface area contributed by atoms with Crippen molar-refractivity contribution in [1.29, 1.82) is 0 Å². The first kappa shape index (κ1) is 17.0. The summed E-state index contributed by atoms with van der Waals surface area (Å²) < 4.78 is 12.9. The zero-order valence-electron chi connectivity index (χ0n) is 15.2. The van der Waals surface area contributed by atoms with Crippen LogP contribution in [0.5, 0.6) is 0 Å². The third kappa shape index (κ3) is 3.66. The van der Waals surface area contributed by atoms with Crippen molar-refractivity contribution in [2.24, 2.45) is 5.92 Å². The van der Waals surface area contributed by atoms with E-state index in [0.29, 0.717) is 5.82 Å². The lowest BCUT2D eigenvalue weighted by Gasteiger charge is -2.32. The first-order valence-corrected chi connectivity index (χ1v) is 9.29. The monoisotopic (exact) mass is 314 g/mol. The highest BCUT2D eigenvalue weighted by Gasteiger charge is 2.54. The van der Waals surface area contributed by atoms with Crippen LogP contribution in [0.1, 0.15) is 65.4 Å². The van der Waals surface area contributed by atoms with E-state index in [9.17, 15) is 0 Å². The molecule has 2 aliphatic rings. The Labute approximate surface area is 142 Å². The first-order valence-electron chi connectivity index (χ1n) is 9.29. The van der Waals surface area contributed by atoms with Crippen LogP contribution in [0.25, 0.3) is 0 Å². The molecular formula is C20H31BO2. The molecule has 0 spiro atoms. The Bertz CT molecular complexity index is 490. The highest BCUT2D eigenvalue weighted by atomic mass is 16.7. The summed E-state index contributed by atoms with van der Waals surface area (Å²) in [4.78, 5) is 0. The van der Waals surface area contributed by atoms with Gasteiger partial charge in [0.1, 0.15) is 0 Å². The molecule has 2 nitrogen and oxygen atoms in total. The summed E-state index contributed by atoms with van der Waals surface area (Å²) in [6, 6.07) is 10.8. The van der Waals surface area contributed by atoms with Gasteiger partial charge in [-0.15, -0.1) is 0 Å². The number of benzene rings is 1. The van der Waals surface area contributed by atoms with E-state index in [4.69, 9.17) is 9.31 Å². The zero-order valence-corrected chi connectivity index (χ0v) is 15.2. The number of rotatable bonds is 4. The van der Waals surface area contributed by atoms with Crippen molar-refractivity contribution in [2.75, 3.05) is 0 Å². The van der Waals surface area contributed by atoms with Gasteiger partial charge in [-0.3, -0.25) is 0 Å². The van der Waals surface area contributed by atoms with Crippen molar-refractivity contribution >= 4 is 7.12 Å². The maximum Gasteiger partial charge on any atom is 0.461 e. The quantitative estimate of drug-likeness (QED) is 0.705. The van der Waals surface area contributed by atoms with E-state index in [1.54, 1.807) is 0 Å². The summed E-state index contributed by atoms with van der Waals surface area (Å²) >= 11 is 0. The molecule has 0 aromatic heterocycles. The Kier molecular flexibility index (Phi) is 4.89. The Morgan fingerprint density at radius 1 is 0.957 bits per heavy atom. The topological polar surface area (TPSA) is 18.5 Å². The zero-order chi connectivity index (χ0) is 16.5. The minimum absolute atomic E-state index is 0.0803. The molecule has 3 rings (SSSR count). The molecule has 1 aromatic carbocycles. The van der Waals surface area contributed by atoms with Gasteiger partial charge in [0, 0.05) is 5.82 Å². The SMILES string of the molecule is CC1(C)OB(C(Cc2ccccc2)C2CCCCC2)OC1(C)C. The summed E-state index contributed by atoms with van der Waals surface area (Å²) in [6.07, 6.45) is 7.80. The van der Waals surface area contributed by atoms with Gasteiger partial charge >= 0.3 is 7.12 Å². The molecule has 1 saturated heterocycles. The molecule has 3 heteroatoms. The maximum atomic E-state index is 6.43. The van der Waals surface area contributed by atoms with E-state index in [0.717, 1.165) is 12.3 Å². The van der Waals surface area contributed by atoms with Gasteiger partial charge in [-0.1, -0.05) is 62.4 Å². The second kappa shape index (κ2) is 6.60. The van der Waals surface area contributed by atoms with Gasteiger partial charge in [-0.05, 0) is 45.6 Å². The Morgan fingerprint density at radius 3 is 2.09 bits per heavy atom. The van der Waals surface area contributed by atoms with Crippen LogP contribution in [0.4, 0.5) is 0 Å². The smallest absolute Gasteiger partial charge is 0.403 e. The summed E-state index contributed by atoms with van der Waals surface area (Å²) in [5.41, 5.74) is 0.931. The average molecular weight is 314 g/mol. The molecule has 2 fully saturated rings. The summed E-state index contributed by atoms with van der Waals surface area (Å²) in [5.74, 6) is 1.18. The highest BCUT2D eigenvalue weighted by Crippen LogP contribution is 2.45. The van der Waals surface area contributed by atoms with E-state index in [-0.39, 0.29) is 18.3 Å². The molecule has 1 heterocycles. The minimum Gasteiger partial charge on any atom is -0.403 e. The van der Waals surface area contributed by atoms with Crippen LogP contribution in [0.15, 0.2) is 30.3 Å². The molecule has 1 saturated carbocycles. The van der Waals surface area contributed by atoms with Crippen LogP contribution in [0.2, 0.25) is 5.82 Å². The van der Waals surface area contributed by atoms with Gasteiger partial charge in [0.05, 0.1) is 11.2 Å². The average Bonchev–Trinajstić information content (AvgIpc) is 2.75. The van der Waals surface area contributed by atoms with Gasteiger partial charge in [0.15, 0.2) is 0 Å². The third-order valence-electron chi connectivity index (χ3n) is 6.19. The fourth-order valence-electron chi connectivity index (χ4n) is 4.00. The van der Waals surface area contributed by atoms with E-state index in [1.165, 1.54) is 37.7 Å². The van der Waals surface area contributed by atoms with Crippen LogP contribution < -0.4 is 0 Å². The molecule has 0 N–H and O–H groups in total. The Hall–Kier alpha value is -0.795. The van der Waals surface area contributed by atoms with Crippen LogP contribution in [-0.2, 0) is 15.7 Å². The van der Waals surface area contributed by atoms with Crippen LogP contribution >= 0.6 is 0 Å². The Balaban J connectivity index is 1.80. The first-order chi connectivity index (χ1) is 10.9. The van der Waals surface area contributed by atoms with Gasteiger partial charge in [-0.2, -0.15) is 0 Å². The Morgan fingerprint density at radius 2 is 1.52 bits per heavy atom. The van der Waals surface area contributed by atoms with Gasteiger partial charge in [-0.25, -0.2) is 0 Å². The fraction of sp³-hybridized carbons (Fsp3) is 0.700. The molecule has 1 aliphatic carbocycles. The van der Waals surface area contributed by atoms with Gasteiger partial charge in [0.25, 0.3) is 0 Å². The largest absolute Gasteiger partial charge is 0.461 e. The lowest BCUT2D eigenvalue weighted by molar-refractivity contribution is 0.00578. The van der Waals surface area contributed by atoms with E-state index in [1.807, 2.05) is 0 Å². The molecule has 1 unspecified atom stereocenters. The van der Waals surface area contributed by atoms with Crippen molar-refractivity contribution in [3.63, 3.8) is 0 Å². The lowest BCUT2D eigenvalue weighted by Crippen LogP contribution is -2.41. The fourth-order valence-corrected chi connectivity index (χ4v) is 4.00. The van der Waals surface area contributed by atoms with E-state index < -0.39 is 0 Å². The molecule has 0 radical (unpaired) electrons. The van der Waals surface area contributed by atoms with Gasteiger partial charge < -0.3 is 9.31 Å². The van der Waals surface area contributed by atoms with Crippen LogP contribution in [0, 0.1) is 5.92 Å². The van der Waals surface area contributed by atoms with Crippen molar-refractivity contribution in [3.8, 4) is 0 Å². The standard InChI is InChI=1S/C20H31BO2/c1-19(2)20(3,4)23-21(22-19)18(17-13-9-6-10-14-17)15-16-11-7-5-8-12-16/h5,7-8,11-12,17-18H,6,9-10,13-15H2,1-4H3. The van der Waals surface area contributed by atoms with E-state index >= 15 is 0 Å². The molecule has 1 atom stereocenters. The predicted octanol–water partition coefficient (Wildman–Crippen LogP) is 5.27. The van der Waals surface area contributed by atoms with E-state index in [2.05, 4.69) is 58.0 Å². The molecule has 0 bridgehead atoms. The maximum absolute atomic E-state index is 6.43. The summed E-state index contributed by atoms with van der Waals surface area (Å²) in [5, 5.41) is 0. The molecule has 1 aromatic rings.